The van der Waals surface area contributed by atoms with E-state index in [1.165, 1.54) is 0 Å². The Morgan fingerprint density at radius 3 is 2.32 bits per heavy atom. The summed E-state index contributed by atoms with van der Waals surface area (Å²) in [5.41, 5.74) is -0.197. The first kappa shape index (κ1) is 18.3. The third-order valence-corrected chi connectivity index (χ3v) is 3.10. The fourth-order valence-corrected chi connectivity index (χ4v) is 1.67. The molecule has 0 unspecified atom stereocenters. The number of alkyl carbamates (subject to hydrolysis) is 1. The summed E-state index contributed by atoms with van der Waals surface area (Å²) in [6.07, 6.45) is 1.18. The van der Waals surface area contributed by atoms with E-state index in [2.05, 4.69) is 10.1 Å². The Labute approximate surface area is 134 Å². The Morgan fingerprint density at radius 2 is 1.91 bits per heavy atom. The van der Waals surface area contributed by atoms with Crippen LogP contribution in [0.2, 0.25) is 0 Å². The van der Waals surface area contributed by atoms with E-state index in [1.54, 1.807) is 6.92 Å². The van der Waals surface area contributed by atoms with Crippen molar-refractivity contribution >= 4 is 23.1 Å². The molecule has 1 fully saturated rings. The van der Waals surface area contributed by atoms with Crippen molar-refractivity contribution in [2.45, 2.75) is 31.9 Å². The molecule has 1 aromatic carbocycles. The highest BCUT2D eigenvalue weighted by Crippen LogP contribution is 2.34. The molecule has 6 nitrogen and oxygen atoms in total. The van der Waals surface area contributed by atoms with Crippen molar-refractivity contribution in [3.05, 3.63) is 35.9 Å². The van der Waals surface area contributed by atoms with E-state index in [0.717, 1.165) is 18.4 Å². The molecular formula is C15H20ClNO5. The minimum absolute atomic E-state index is 0.0204. The Kier molecular flexibility index (Phi) is 7.70. The van der Waals surface area contributed by atoms with Gasteiger partial charge in [0.1, 0.15) is 6.61 Å². The summed E-state index contributed by atoms with van der Waals surface area (Å²) in [5.74, 6) is 0. The summed E-state index contributed by atoms with van der Waals surface area (Å²) in [6.45, 7) is 2.28. The number of benzene rings is 1. The maximum absolute atomic E-state index is 11.4. The van der Waals surface area contributed by atoms with Crippen molar-refractivity contribution < 1.29 is 24.2 Å². The fourth-order valence-electron chi connectivity index (χ4n) is 1.56. The van der Waals surface area contributed by atoms with Gasteiger partial charge in [-0.15, -0.1) is 0 Å². The Morgan fingerprint density at radius 1 is 1.27 bits per heavy atom. The molecule has 1 aliphatic carbocycles. The summed E-state index contributed by atoms with van der Waals surface area (Å²) in [4.78, 5) is 21.0. The van der Waals surface area contributed by atoms with Gasteiger partial charge in [-0.2, -0.15) is 0 Å². The first-order valence-electron chi connectivity index (χ1n) is 6.93. The topological polar surface area (TPSA) is 84.9 Å². The monoisotopic (exact) mass is 329 g/mol. The number of halogens is 1. The van der Waals surface area contributed by atoms with E-state index >= 15 is 0 Å². The zero-order chi connectivity index (χ0) is 16.4. The van der Waals surface area contributed by atoms with E-state index < -0.39 is 17.1 Å². The number of ether oxygens (including phenoxy) is 2. The van der Waals surface area contributed by atoms with Crippen molar-refractivity contribution in [1.29, 1.82) is 0 Å². The normalized spacial score (nSPS) is 14.1. The first-order chi connectivity index (χ1) is 10.5. The molecule has 0 saturated heterocycles. The van der Waals surface area contributed by atoms with Crippen LogP contribution in [0.1, 0.15) is 25.3 Å². The number of aliphatic hydroxyl groups is 1. The van der Waals surface area contributed by atoms with Crippen LogP contribution in [0.4, 0.5) is 9.59 Å². The van der Waals surface area contributed by atoms with Gasteiger partial charge >= 0.3 is 11.5 Å². The van der Waals surface area contributed by atoms with E-state index in [-0.39, 0.29) is 13.2 Å². The SMILES string of the molecule is CCOC(=O)Cl.O=C(NC1(CO)CC1)OCc1ccccc1. The zero-order valence-electron chi connectivity index (χ0n) is 12.4. The first-order valence-corrected chi connectivity index (χ1v) is 7.31. The van der Waals surface area contributed by atoms with Crippen LogP contribution in [0, 0.1) is 0 Å². The molecule has 0 spiro atoms. The highest BCUT2D eigenvalue weighted by molar-refractivity contribution is 6.61. The van der Waals surface area contributed by atoms with Crippen LogP contribution in [0.3, 0.4) is 0 Å². The molecule has 0 aliphatic heterocycles. The summed E-state index contributed by atoms with van der Waals surface area (Å²) in [5, 5.41) is 11.7. The van der Waals surface area contributed by atoms with Crippen molar-refractivity contribution in [2.75, 3.05) is 13.2 Å². The van der Waals surface area contributed by atoms with Crippen molar-refractivity contribution in [3.8, 4) is 0 Å². The number of hydrogen-bond donors (Lipinski definition) is 2. The van der Waals surface area contributed by atoms with Gasteiger partial charge in [-0.25, -0.2) is 9.59 Å². The van der Waals surface area contributed by atoms with Gasteiger partial charge in [0.15, 0.2) is 0 Å². The number of aliphatic hydroxyl groups excluding tert-OH is 1. The molecule has 0 heterocycles. The maximum Gasteiger partial charge on any atom is 0.407 e. The maximum atomic E-state index is 11.4. The highest BCUT2D eigenvalue weighted by atomic mass is 35.5. The summed E-state index contributed by atoms with van der Waals surface area (Å²) < 4.78 is 9.21. The molecule has 1 aromatic rings. The predicted octanol–water partition coefficient (Wildman–Crippen LogP) is 2.82. The van der Waals surface area contributed by atoms with Gasteiger partial charge in [0.05, 0.1) is 18.8 Å². The molecule has 1 amide bonds. The number of nitrogens with one attached hydrogen (secondary N) is 1. The van der Waals surface area contributed by atoms with Gasteiger partial charge in [-0.3, -0.25) is 0 Å². The fraction of sp³-hybridized carbons (Fsp3) is 0.467. The van der Waals surface area contributed by atoms with Crippen LogP contribution in [-0.2, 0) is 16.1 Å². The van der Waals surface area contributed by atoms with Crippen molar-refractivity contribution in [3.63, 3.8) is 0 Å². The number of hydrogen-bond acceptors (Lipinski definition) is 5. The van der Waals surface area contributed by atoms with Crippen LogP contribution in [0.5, 0.6) is 0 Å². The van der Waals surface area contributed by atoms with Crippen molar-refractivity contribution in [1.82, 2.24) is 5.32 Å². The molecule has 0 aromatic heterocycles. The minimum Gasteiger partial charge on any atom is -0.454 e. The number of carbonyl (C=O) groups is 2. The largest absolute Gasteiger partial charge is 0.454 e. The molecule has 1 aliphatic rings. The zero-order valence-corrected chi connectivity index (χ0v) is 13.1. The lowest BCUT2D eigenvalue weighted by Crippen LogP contribution is -2.39. The Balaban J connectivity index is 0.000000346. The van der Waals surface area contributed by atoms with Gasteiger partial charge in [0, 0.05) is 11.6 Å². The van der Waals surface area contributed by atoms with Crippen LogP contribution in [-0.4, -0.2) is 35.4 Å². The molecule has 22 heavy (non-hydrogen) atoms. The Hall–Kier alpha value is -1.79. The molecule has 0 bridgehead atoms. The average Bonchev–Trinajstić information content (AvgIpc) is 3.27. The van der Waals surface area contributed by atoms with E-state index in [1.807, 2.05) is 30.3 Å². The van der Waals surface area contributed by atoms with Crippen LogP contribution in [0.15, 0.2) is 30.3 Å². The van der Waals surface area contributed by atoms with Gasteiger partial charge in [-0.05, 0) is 25.3 Å². The summed E-state index contributed by atoms with van der Waals surface area (Å²) in [6, 6.07) is 9.49. The van der Waals surface area contributed by atoms with Gasteiger partial charge in [0.2, 0.25) is 0 Å². The predicted molar refractivity (Wildman–Crippen MR) is 81.7 cm³/mol. The minimum atomic E-state index is -0.738. The molecule has 1 saturated carbocycles. The quantitative estimate of drug-likeness (QED) is 0.811. The molecule has 7 heteroatoms. The highest BCUT2D eigenvalue weighted by Gasteiger charge is 2.43. The van der Waals surface area contributed by atoms with Gasteiger partial charge in [-0.1, -0.05) is 30.3 Å². The third-order valence-electron chi connectivity index (χ3n) is 2.99. The average molecular weight is 330 g/mol. The van der Waals surface area contributed by atoms with Crippen LogP contribution >= 0.6 is 11.6 Å². The molecule has 2 rings (SSSR count). The number of carbonyl (C=O) groups excluding carboxylic acids is 2. The second kappa shape index (κ2) is 9.27. The second-order valence-electron chi connectivity index (χ2n) is 4.80. The van der Waals surface area contributed by atoms with Gasteiger partial charge < -0.3 is 19.9 Å². The van der Waals surface area contributed by atoms with Crippen molar-refractivity contribution in [2.24, 2.45) is 0 Å². The number of amides is 1. The summed E-state index contributed by atoms with van der Waals surface area (Å²) >= 11 is 4.72. The van der Waals surface area contributed by atoms with E-state index in [4.69, 9.17) is 21.4 Å². The molecular weight excluding hydrogens is 310 g/mol. The molecule has 122 valence electrons. The Bertz CT molecular complexity index is 476. The number of rotatable bonds is 5. The van der Waals surface area contributed by atoms with Crippen LogP contribution < -0.4 is 5.32 Å². The van der Waals surface area contributed by atoms with E-state index in [9.17, 15) is 9.59 Å². The standard InChI is InChI=1S/C12H15NO3.C3H5ClO2/c14-9-12(6-7-12)13-11(15)16-8-10-4-2-1-3-5-10;1-2-6-3(4)5/h1-5,14H,6-9H2,(H,13,15);2H2,1H3. The smallest absolute Gasteiger partial charge is 0.407 e. The van der Waals surface area contributed by atoms with E-state index in [0.29, 0.717) is 6.61 Å². The molecule has 0 atom stereocenters. The lowest BCUT2D eigenvalue weighted by molar-refractivity contribution is 0.126. The lowest BCUT2D eigenvalue weighted by Gasteiger charge is -2.14. The lowest BCUT2D eigenvalue weighted by atomic mass is 10.2. The third kappa shape index (κ3) is 7.28. The molecule has 2 N–H and O–H groups in total. The second-order valence-corrected chi connectivity index (χ2v) is 5.10. The summed E-state index contributed by atoms with van der Waals surface area (Å²) in [7, 11) is 0. The van der Waals surface area contributed by atoms with Crippen LogP contribution in [0.25, 0.3) is 0 Å². The molecule has 0 radical (unpaired) electrons. The van der Waals surface area contributed by atoms with Gasteiger partial charge in [0.25, 0.3) is 0 Å².